The molecule has 0 saturated heterocycles. The predicted molar refractivity (Wildman–Crippen MR) is 127 cm³/mol. The normalized spacial score (nSPS) is 10.9. The Hall–Kier alpha value is -3.45. The number of aromatic nitrogens is 5. The molecule has 0 atom stereocenters. The van der Waals surface area contributed by atoms with Crippen LogP contribution >= 0.6 is 0 Å². The topological polar surface area (TPSA) is 103 Å². The van der Waals surface area contributed by atoms with Gasteiger partial charge < -0.3 is 25.0 Å². The summed E-state index contributed by atoms with van der Waals surface area (Å²) in [4.78, 5) is 21.9. The van der Waals surface area contributed by atoms with E-state index in [1.165, 1.54) is 6.07 Å². The molecule has 4 heterocycles. The summed E-state index contributed by atoms with van der Waals surface area (Å²) >= 11 is 0. The number of oxazole rings is 1. The van der Waals surface area contributed by atoms with E-state index in [2.05, 4.69) is 35.6 Å². The average Bonchev–Trinajstić information content (AvgIpc) is 3.51. The van der Waals surface area contributed by atoms with Crippen molar-refractivity contribution >= 4 is 16.9 Å². The van der Waals surface area contributed by atoms with Crippen molar-refractivity contribution < 1.29 is 29.2 Å². The molecule has 0 amide bonds. The van der Waals surface area contributed by atoms with Gasteiger partial charge in [-0.3, -0.25) is 4.98 Å². The average molecular weight is 563 g/mol. The van der Waals surface area contributed by atoms with E-state index in [-0.39, 0.29) is 32.8 Å². The number of imidazole rings is 1. The number of anilines is 1. The minimum absolute atomic E-state index is 0. The maximum Gasteiger partial charge on any atom is 0.196 e. The van der Waals surface area contributed by atoms with Crippen molar-refractivity contribution in [1.82, 2.24) is 30.2 Å². The maximum atomic E-state index is 13.8. The number of rotatable bonds is 10. The molecule has 1 aromatic carbocycles. The molecule has 8 nitrogen and oxygen atoms in total. The molecule has 182 valence electrons. The van der Waals surface area contributed by atoms with Crippen LogP contribution in [0.4, 0.5) is 10.2 Å². The van der Waals surface area contributed by atoms with Crippen molar-refractivity contribution in [1.29, 1.82) is 0 Å². The Morgan fingerprint density at radius 3 is 2.63 bits per heavy atom. The van der Waals surface area contributed by atoms with Crippen LogP contribution < -0.4 is 15.6 Å². The van der Waals surface area contributed by atoms with E-state index >= 15 is 0 Å². The van der Waals surface area contributed by atoms with Crippen LogP contribution in [0.2, 0.25) is 0 Å². The van der Waals surface area contributed by atoms with E-state index in [1.54, 1.807) is 24.5 Å². The second-order valence-electron chi connectivity index (χ2n) is 7.69. The van der Waals surface area contributed by atoms with Crippen molar-refractivity contribution in [3.8, 4) is 11.3 Å². The number of hydrogen-bond donors (Lipinski definition) is 2. The number of nitrogens with zero attached hydrogens (tertiary/aromatic N) is 5. The van der Waals surface area contributed by atoms with E-state index in [9.17, 15) is 4.39 Å². The fourth-order valence-corrected chi connectivity index (χ4v) is 3.57. The Bertz CT molecular complexity index is 1370. The second kappa shape index (κ2) is 11.8. The Labute approximate surface area is 215 Å². The Kier molecular flexibility index (Phi) is 8.32. The summed E-state index contributed by atoms with van der Waals surface area (Å²) < 4.78 is 19.7. The van der Waals surface area contributed by atoms with E-state index in [0.29, 0.717) is 41.5 Å². The molecule has 0 saturated carbocycles. The van der Waals surface area contributed by atoms with Crippen LogP contribution in [0.3, 0.4) is 0 Å². The molecule has 35 heavy (non-hydrogen) atoms. The second-order valence-corrected chi connectivity index (χ2v) is 7.69. The zero-order valence-electron chi connectivity index (χ0n) is 18.7. The van der Waals surface area contributed by atoms with Gasteiger partial charge in [-0.05, 0) is 36.4 Å². The van der Waals surface area contributed by atoms with Gasteiger partial charge in [0.15, 0.2) is 22.8 Å². The van der Waals surface area contributed by atoms with Gasteiger partial charge >= 0.3 is 0 Å². The van der Waals surface area contributed by atoms with E-state index in [4.69, 9.17) is 4.42 Å². The van der Waals surface area contributed by atoms with Gasteiger partial charge in [-0.1, -0.05) is 42.4 Å². The van der Waals surface area contributed by atoms with Gasteiger partial charge in [0.05, 0.1) is 12.2 Å². The first-order valence-electron chi connectivity index (χ1n) is 11.1. The zero-order chi connectivity index (χ0) is 23.2. The van der Waals surface area contributed by atoms with E-state index in [0.717, 1.165) is 30.0 Å². The van der Waals surface area contributed by atoms with Crippen molar-refractivity contribution in [2.24, 2.45) is 0 Å². The summed E-state index contributed by atoms with van der Waals surface area (Å²) in [6, 6.07) is 14.7. The standard InChI is InChI=1S/C25H23FN7O.Pd/c26-18-7-4-11-28-20(18)16-31-25-24-21(8-14-29-25)34-23(33-24)10-13-27-12-9-22-30-15-19(32-22)17-5-2-1-3-6-17;/h1-8,11,14-15,27H,9-10,12-13,16H2,(H-,29,30,31,32);/q-1;. The molecule has 0 spiro atoms. The van der Waals surface area contributed by atoms with E-state index < -0.39 is 0 Å². The molecule has 10 heteroatoms. The Balaban J connectivity index is 0.00000289. The summed E-state index contributed by atoms with van der Waals surface area (Å²) in [5.74, 6) is 1.60. The van der Waals surface area contributed by atoms with Crippen molar-refractivity contribution in [3.63, 3.8) is 0 Å². The van der Waals surface area contributed by atoms with Crippen molar-refractivity contribution in [2.75, 3.05) is 18.4 Å². The molecule has 4 aromatic heterocycles. The first-order chi connectivity index (χ1) is 16.8. The number of halogens is 1. The van der Waals surface area contributed by atoms with Crippen LogP contribution in [-0.4, -0.2) is 33.0 Å². The number of hydrogen-bond acceptors (Lipinski definition) is 7. The molecule has 5 rings (SSSR count). The molecule has 0 aliphatic carbocycles. The first kappa shape index (κ1) is 24.7. The fourth-order valence-electron chi connectivity index (χ4n) is 3.57. The van der Waals surface area contributed by atoms with Crippen LogP contribution in [0.1, 0.15) is 17.4 Å². The van der Waals surface area contributed by atoms with Crippen LogP contribution in [0.5, 0.6) is 0 Å². The van der Waals surface area contributed by atoms with Gasteiger partial charge in [0.25, 0.3) is 0 Å². The monoisotopic (exact) mass is 562 g/mol. The number of nitrogens with one attached hydrogen (secondary N) is 2. The molecule has 0 aliphatic rings. The van der Waals surface area contributed by atoms with Crippen LogP contribution in [0, 0.1) is 5.82 Å². The molecule has 0 aliphatic heterocycles. The number of fused-ring (bicyclic) bond motifs is 1. The third-order valence-electron chi connectivity index (χ3n) is 5.31. The van der Waals surface area contributed by atoms with Crippen molar-refractivity contribution in [3.05, 3.63) is 90.3 Å². The quantitative estimate of drug-likeness (QED) is 0.196. The first-order valence-corrected chi connectivity index (χ1v) is 11.1. The Morgan fingerprint density at radius 2 is 1.77 bits per heavy atom. The zero-order valence-corrected chi connectivity index (χ0v) is 20.3. The van der Waals surface area contributed by atoms with Crippen molar-refractivity contribution in [2.45, 2.75) is 19.4 Å². The minimum atomic E-state index is -0.363. The minimum Gasteiger partial charge on any atom is -0.446 e. The predicted octanol–water partition coefficient (Wildman–Crippen LogP) is 3.76. The van der Waals surface area contributed by atoms with Gasteiger partial charge in [0, 0.05) is 51.8 Å². The summed E-state index contributed by atoms with van der Waals surface area (Å²) in [5.41, 5.74) is 3.53. The summed E-state index contributed by atoms with van der Waals surface area (Å²) in [6.07, 6.45) is 6.37. The molecule has 0 fully saturated rings. The molecule has 0 radical (unpaired) electrons. The summed E-state index contributed by atoms with van der Waals surface area (Å²) in [6.45, 7) is 1.66. The summed E-state index contributed by atoms with van der Waals surface area (Å²) in [5, 5.41) is 6.48. The number of pyridine rings is 2. The maximum absolute atomic E-state index is 13.8. The van der Waals surface area contributed by atoms with Gasteiger partial charge in [0.2, 0.25) is 0 Å². The van der Waals surface area contributed by atoms with Gasteiger partial charge in [-0.25, -0.2) is 14.4 Å². The van der Waals surface area contributed by atoms with Gasteiger partial charge in [-0.15, -0.1) is 0 Å². The molecule has 0 bridgehead atoms. The van der Waals surface area contributed by atoms with Crippen LogP contribution in [0.15, 0.2) is 71.5 Å². The van der Waals surface area contributed by atoms with E-state index in [1.807, 2.05) is 36.5 Å². The largest absolute Gasteiger partial charge is 0.446 e. The molecule has 5 aromatic rings. The third kappa shape index (κ3) is 6.17. The van der Waals surface area contributed by atoms with Crippen LogP contribution in [0.25, 0.3) is 22.4 Å². The molecule has 0 unspecified atom stereocenters. The SMILES string of the molecule is Fc1cccnc1CNc1nccc2oc(CCNCCc3nc(-c4ccccc4)c[n-]3)nc12.[Pd]. The Morgan fingerprint density at radius 1 is 0.914 bits per heavy atom. The van der Waals surface area contributed by atoms with Gasteiger partial charge in [0.1, 0.15) is 5.82 Å². The molecular formula is C25H23FN7OPd-. The van der Waals surface area contributed by atoms with Gasteiger partial charge in [-0.2, -0.15) is 0 Å². The van der Waals surface area contributed by atoms with Crippen LogP contribution in [-0.2, 0) is 39.8 Å². The summed E-state index contributed by atoms with van der Waals surface area (Å²) in [7, 11) is 0. The molecular weight excluding hydrogens is 540 g/mol. The molecule has 2 N–H and O–H groups in total. The fraction of sp³-hybridized carbons (Fsp3) is 0.200. The number of benzene rings is 1. The third-order valence-corrected chi connectivity index (χ3v) is 5.31. The smallest absolute Gasteiger partial charge is 0.196 e.